The van der Waals surface area contributed by atoms with Gasteiger partial charge in [0.15, 0.2) is 0 Å². The van der Waals surface area contributed by atoms with Gasteiger partial charge in [-0.2, -0.15) is 0 Å². The van der Waals surface area contributed by atoms with Crippen LogP contribution in [-0.4, -0.2) is 15.2 Å². The molecule has 1 N–H and O–H groups in total. The molecule has 20 heavy (non-hydrogen) atoms. The molecule has 2 heterocycles. The highest BCUT2D eigenvalue weighted by molar-refractivity contribution is 7.09. The highest BCUT2D eigenvalue weighted by Crippen LogP contribution is 2.19. The lowest BCUT2D eigenvalue weighted by atomic mass is 10.1. The second kappa shape index (κ2) is 6.02. The van der Waals surface area contributed by atoms with E-state index in [1.165, 1.54) is 0 Å². The van der Waals surface area contributed by atoms with Crippen LogP contribution in [0.25, 0.3) is 0 Å². The first-order valence-corrected chi connectivity index (χ1v) is 7.24. The van der Waals surface area contributed by atoms with Gasteiger partial charge in [0.2, 0.25) is 5.89 Å². The summed E-state index contributed by atoms with van der Waals surface area (Å²) in [6, 6.07) is 8.01. The molecule has 0 saturated heterocycles. The van der Waals surface area contributed by atoms with Gasteiger partial charge in [-0.15, -0.1) is 16.4 Å². The fourth-order valence-electron chi connectivity index (χ4n) is 1.69. The van der Waals surface area contributed by atoms with Gasteiger partial charge in [0.1, 0.15) is 0 Å². The largest absolute Gasteiger partial charge is 0.408 e. The maximum Gasteiger partial charge on any atom is 0.315 e. The molecule has 5 nitrogen and oxygen atoms in total. The molecule has 0 amide bonds. The van der Waals surface area contributed by atoms with E-state index in [2.05, 4.69) is 20.5 Å². The van der Waals surface area contributed by atoms with Crippen molar-refractivity contribution in [3.05, 3.63) is 57.3 Å². The summed E-state index contributed by atoms with van der Waals surface area (Å²) in [5, 5.41) is 11.7. The summed E-state index contributed by atoms with van der Waals surface area (Å²) in [6.07, 6.45) is 2.33. The van der Waals surface area contributed by atoms with Crippen molar-refractivity contribution in [1.29, 1.82) is 0 Å². The van der Waals surface area contributed by atoms with Crippen molar-refractivity contribution in [1.82, 2.24) is 15.2 Å². The van der Waals surface area contributed by atoms with Crippen LogP contribution in [0.3, 0.4) is 0 Å². The van der Waals surface area contributed by atoms with Crippen LogP contribution in [0.2, 0.25) is 5.02 Å². The molecule has 2 aromatic heterocycles. The Kier molecular flexibility index (Phi) is 3.94. The van der Waals surface area contributed by atoms with Crippen molar-refractivity contribution < 1.29 is 4.42 Å². The zero-order valence-electron chi connectivity index (χ0n) is 10.4. The number of hydrogen-bond donors (Lipinski definition) is 1. The van der Waals surface area contributed by atoms with Gasteiger partial charge in [-0.1, -0.05) is 34.9 Å². The molecule has 0 aliphatic rings. The Morgan fingerprint density at radius 1 is 1.25 bits per heavy atom. The van der Waals surface area contributed by atoms with Crippen LogP contribution in [0.15, 0.2) is 40.4 Å². The van der Waals surface area contributed by atoms with Gasteiger partial charge in [0, 0.05) is 16.1 Å². The molecule has 0 atom stereocenters. The second-order valence-corrected chi connectivity index (χ2v) is 5.47. The molecule has 0 unspecified atom stereocenters. The summed E-state index contributed by atoms with van der Waals surface area (Å²) in [5.74, 6) is 0.532. The number of hydrogen-bond acceptors (Lipinski definition) is 6. The third-order valence-corrected chi connectivity index (χ3v) is 3.81. The van der Waals surface area contributed by atoms with E-state index in [1.54, 1.807) is 23.0 Å². The second-order valence-electron chi connectivity index (χ2n) is 4.09. The highest BCUT2D eigenvalue weighted by Gasteiger charge is 2.09. The predicted octanol–water partition coefficient (Wildman–Crippen LogP) is 3.38. The van der Waals surface area contributed by atoms with E-state index >= 15 is 0 Å². The molecule has 0 radical (unpaired) electrons. The molecule has 0 spiro atoms. The van der Waals surface area contributed by atoms with Crippen molar-refractivity contribution in [2.45, 2.75) is 13.0 Å². The van der Waals surface area contributed by atoms with Crippen molar-refractivity contribution >= 4 is 29.0 Å². The fourth-order valence-corrected chi connectivity index (χ4v) is 2.43. The highest BCUT2D eigenvalue weighted by atomic mass is 35.5. The molecule has 3 rings (SSSR count). The Morgan fingerprint density at radius 3 is 2.95 bits per heavy atom. The number of thiazole rings is 1. The van der Waals surface area contributed by atoms with E-state index in [0.29, 0.717) is 29.9 Å². The van der Waals surface area contributed by atoms with Crippen LogP contribution < -0.4 is 5.32 Å². The van der Waals surface area contributed by atoms with Crippen LogP contribution in [-0.2, 0) is 13.0 Å². The predicted molar refractivity (Wildman–Crippen MR) is 78.0 cm³/mol. The van der Waals surface area contributed by atoms with Crippen LogP contribution in [0.5, 0.6) is 0 Å². The van der Waals surface area contributed by atoms with Gasteiger partial charge >= 0.3 is 6.01 Å². The summed E-state index contributed by atoms with van der Waals surface area (Å²) in [4.78, 5) is 5.11. The quantitative estimate of drug-likeness (QED) is 0.783. The minimum absolute atomic E-state index is 0.403. The minimum Gasteiger partial charge on any atom is -0.408 e. The lowest BCUT2D eigenvalue weighted by molar-refractivity contribution is 0.516. The number of halogens is 1. The first kappa shape index (κ1) is 13.1. The average molecular weight is 307 g/mol. The maximum absolute atomic E-state index is 6.10. The van der Waals surface area contributed by atoms with Gasteiger partial charge in [-0.25, -0.2) is 0 Å². The SMILES string of the molecule is Clc1ccccc1Cc1nnc(NCc2cncs2)o1. The lowest BCUT2D eigenvalue weighted by Crippen LogP contribution is -1.97. The van der Waals surface area contributed by atoms with Gasteiger partial charge in [0.25, 0.3) is 0 Å². The normalized spacial score (nSPS) is 10.7. The molecule has 0 bridgehead atoms. The summed E-state index contributed by atoms with van der Waals surface area (Å²) in [5.41, 5.74) is 2.75. The van der Waals surface area contributed by atoms with E-state index in [1.807, 2.05) is 24.3 Å². The Bertz CT molecular complexity index is 683. The molecule has 0 fully saturated rings. The third-order valence-electron chi connectivity index (χ3n) is 2.66. The Hall–Kier alpha value is -1.92. The summed E-state index contributed by atoms with van der Waals surface area (Å²) in [6.45, 7) is 0.623. The summed E-state index contributed by atoms with van der Waals surface area (Å²) < 4.78 is 5.53. The molecule has 0 aliphatic carbocycles. The fraction of sp³-hybridized carbons (Fsp3) is 0.154. The Labute approximate surface area is 124 Å². The average Bonchev–Trinajstić information content (AvgIpc) is 3.10. The molecule has 3 aromatic rings. The third kappa shape index (κ3) is 3.15. The van der Waals surface area contributed by atoms with Crippen LogP contribution in [0.4, 0.5) is 6.01 Å². The van der Waals surface area contributed by atoms with E-state index in [-0.39, 0.29) is 0 Å². The van der Waals surface area contributed by atoms with E-state index in [4.69, 9.17) is 16.0 Å². The number of rotatable bonds is 5. The van der Waals surface area contributed by atoms with E-state index in [9.17, 15) is 0 Å². The molecule has 0 aliphatic heterocycles. The smallest absolute Gasteiger partial charge is 0.315 e. The van der Waals surface area contributed by atoms with Gasteiger partial charge < -0.3 is 9.73 Å². The van der Waals surface area contributed by atoms with E-state index in [0.717, 1.165) is 10.4 Å². The van der Waals surface area contributed by atoms with Crippen molar-refractivity contribution in [2.75, 3.05) is 5.32 Å². The van der Waals surface area contributed by atoms with Crippen molar-refractivity contribution in [3.63, 3.8) is 0 Å². The Morgan fingerprint density at radius 2 is 2.15 bits per heavy atom. The van der Waals surface area contributed by atoms with Crippen LogP contribution >= 0.6 is 22.9 Å². The minimum atomic E-state index is 0.403. The number of benzene rings is 1. The first-order chi connectivity index (χ1) is 9.81. The van der Waals surface area contributed by atoms with Crippen LogP contribution in [0, 0.1) is 0 Å². The zero-order chi connectivity index (χ0) is 13.8. The van der Waals surface area contributed by atoms with Crippen LogP contribution in [0.1, 0.15) is 16.3 Å². The molecule has 102 valence electrons. The molecule has 1 aromatic carbocycles. The molecule has 7 heteroatoms. The van der Waals surface area contributed by atoms with Gasteiger partial charge in [-0.3, -0.25) is 4.98 Å². The first-order valence-electron chi connectivity index (χ1n) is 5.98. The van der Waals surface area contributed by atoms with Gasteiger partial charge in [0.05, 0.1) is 18.5 Å². The Balaban J connectivity index is 1.63. The number of aromatic nitrogens is 3. The number of nitrogens with one attached hydrogen (secondary N) is 1. The summed E-state index contributed by atoms with van der Waals surface area (Å²) in [7, 11) is 0. The number of anilines is 1. The molecule has 0 saturated carbocycles. The van der Waals surface area contributed by atoms with E-state index < -0.39 is 0 Å². The monoisotopic (exact) mass is 306 g/mol. The van der Waals surface area contributed by atoms with Crippen molar-refractivity contribution in [2.24, 2.45) is 0 Å². The molecular formula is C13H11ClN4OS. The van der Waals surface area contributed by atoms with Crippen molar-refractivity contribution in [3.8, 4) is 0 Å². The zero-order valence-corrected chi connectivity index (χ0v) is 12.0. The number of nitrogens with zero attached hydrogens (tertiary/aromatic N) is 3. The maximum atomic E-state index is 6.10. The standard InChI is InChI=1S/C13H11ClN4OS/c14-11-4-2-1-3-9(11)5-12-17-18-13(19-12)16-7-10-6-15-8-20-10/h1-4,6,8H,5,7H2,(H,16,18). The summed E-state index contributed by atoms with van der Waals surface area (Å²) >= 11 is 7.67. The molecular weight excluding hydrogens is 296 g/mol. The van der Waals surface area contributed by atoms with Gasteiger partial charge in [-0.05, 0) is 11.6 Å². The lowest BCUT2D eigenvalue weighted by Gasteiger charge is -1.99. The topological polar surface area (TPSA) is 63.8 Å².